The third-order valence-electron chi connectivity index (χ3n) is 2.27. The Bertz CT molecular complexity index is 508. The maximum Gasteiger partial charge on any atom is 0.378 e. The molecule has 1 aromatic carbocycles. The van der Waals surface area contributed by atoms with E-state index in [1.54, 1.807) is 44.2 Å². The topological polar surface area (TPSA) is 64.6 Å². The van der Waals surface area contributed by atoms with Crippen LogP contribution >= 0.6 is 19.2 Å². The Labute approximate surface area is 123 Å². The average molecular weight is 318 g/mol. The molecule has 0 bridgehead atoms. The second kappa shape index (κ2) is 8.22. The lowest BCUT2D eigenvalue weighted by Gasteiger charge is -2.19. The third-order valence-corrected chi connectivity index (χ3v) is 4.67. The lowest BCUT2D eigenvalue weighted by Crippen LogP contribution is -2.23. The summed E-state index contributed by atoms with van der Waals surface area (Å²) in [5.74, 6) is -0.433. The quantitative estimate of drug-likeness (QED) is 0.778. The maximum absolute atomic E-state index is 12.5. The van der Waals surface area contributed by atoms with Crippen LogP contribution in [0.15, 0.2) is 41.3 Å². The molecule has 0 saturated heterocycles. The van der Waals surface area contributed by atoms with Gasteiger partial charge in [-0.2, -0.15) is 0 Å². The van der Waals surface area contributed by atoms with Crippen LogP contribution in [0.2, 0.25) is 0 Å². The minimum Gasteiger partial charge on any atom is -0.314 e. The van der Waals surface area contributed by atoms with E-state index in [-0.39, 0.29) is 18.7 Å². The molecule has 0 spiro atoms. The molecule has 1 aromatic rings. The van der Waals surface area contributed by atoms with Crippen LogP contribution in [0.5, 0.6) is 0 Å². The standard InChI is InChI=1S/C13H17ClNO4P/c1-3-18-20(17,19-4-2)12(10-14)15-13(16)11-8-6-5-7-9-11/h5-10H,3-4H2,1-2H3,(H,15,16). The second-order valence-electron chi connectivity index (χ2n) is 3.65. The van der Waals surface area contributed by atoms with Gasteiger partial charge in [0.05, 0.1) is 13.2 Å². The molecule has 7 heteroatoms. The van der Waals surface area contributed by atoms with Crippen molar-refractivity contribution >= 4 is 25.1 Å². The van der Waals surface area contributed by atoms with Gasteiger partial charge in [0.25, 0.3) is 5.91 Å². The van der Waals surface area contributed by atoms with Gasteiger partial charge in [0.2, 0.25) is 0 Å². The SMILES string of the molecule is CCOP(=O)(OCC)C(=CCl)NC(=O)c1ccccc1. The third kappa shape index (κ3) is 4.46. The normalized spacial score (nSPS) is 12.2. The highest BCUT2D eigenvalue weighted by atomic mass is 35.5. The number of hydrogen-bond donors (Lipinski definition) is 1. The largest absolute Gasteiger partial charge is 0.378 e. The first-order chi connectivity index (χ1) is 9.57. The van der Waals surface area contributed by atoms with Crippen molar-refractivity contribution in [1.29, 1.82) is 0 Å². The molecule has 1 rings (SSSR count). The molecular formula is C13H17ClNO4P. The van der Waals surface area contributed by atoms with E-state index < -0.39 is 13.5 Å². The van der Waals surface area contributed by atoms with E-state index in [4.69, 9.17) is 20.6 Å². The molecule has 0 fully saturated rings. The summed E-state index contributed by atoms with van der Waals surface area (Å²) < 4.78 is 22.8. The predicted molar refractivity (Wildman–Crippen MR) is 78.7 cm³/mol. The average Bonchev–Trinajstić information content (AvgIpc) is 2.45. The van der Waals surface area contributed by atoms with Crippen LogP contribution in [0.4, 0.5) is 0 Å². The fourth-order valence-corrected chi connectivity index (χ4v) is 3.25. The number of benzene rings is 1. The van der Waals surface area contributed by atoms with E-state index in [1.165, 1.54) is 0 Å². The zero-order valence-corrected chi connectivity index (χ0v) is 13.0. The molecule has 0 aliphatic carbocycles. The van der Waals surface area contributed by atoms with Gasteiger partial charge in [0, 0.05) is 11.1 Å². The molecule has 0 atom stereocenters. The highest BCUT2D eigenvalue weighted by Gasteiger charge is 2.31. The van der Waals surface area contributed by atoms with Crippen LogP contribution in [0, 0.1) is 0 Å². The Kier molecular flexibility index (Phi) is 6.96. The van der Waals surface area contributed by atoms with Crippen molar-refractivity contribution in [1.82, 2.24) is 5.32 Å². The van der Waals surface area contributed by atoms with Crippen molar-refractivity contribution < 1.29 is 18.4 Å². The van der Waals surface area contributed by atoms with Gasteiger partial charge in [-0.25, -0.2) is 0 Å². The van der Waals surface area contributed by atoms with Crippen molar-refractivity contribution in [2.75, 3.05) is 13.2 Å². The van der Waals surface area contributed by atoms with E-state index in [0.29, 0.717) is 5.56 Å². The molecule has 1 amide bonds. The number of rotatable bonds is 7. The van der Waals surface area contributed by atoms with Crippen LogP contribution in [0.25, 0.3) is 0 Å². The molecule has 0 aliphatic rings. The van der Waals surface area contributed by atoms with Crippen LogP contribution in [-0.4, -0.2) is 19.1 Å². The van der Waals surface area contributed by atoms with Gasteiger partial charge in [-0.3, -0.25) is 9.36 Å². The molecule has 0 radical (unpaired) electrons. The summed E-state index contributed by atoms with van der Waals surface area (Å²) in [5.41, 5.74) is 1.35. The number of nitrogens with one attached hydrogen (secondary N) is 1. The van der Waals surface area contributed by atoms with Crippen molar-refractivity contribution in [2.24, 2.45) is 0 Å². The first-order valence-corrected chi connectivity index (χ1v) is 8.11. The lowest BCUT2D eigenvalue weighted by molar-refractivity contribution is 0.0964. The number of carbonyl (C=O) groups is 1. The number of amides is 1. The molecule has 0 aromatic heterocycles. The molecule has 110 valence electrons. The summed E-state index contributed by atoms with van der Waals surface area (Å²) in [6.45, 7) is 3.70. The highest BCUT2D eigenvalue weighted by molar-refractivity contribution is 7.58. The van der Waals surface area contributed by atoms with E-state index in [0.717, 1.165) is 5.54 Å². The minimum absolute atomic E-state index is 0.0725. The first kappa shape index (κ1) is 16.9. The Hall–Kier alpha value is -1.13. The molecule has 1 N–H and O–H groups in total. The monoisotopic (exact) mass is 317 g/mol. The van der Waals surface area contributed by atoms with Crippen molar-refractivity contribution in [3.63, 3.8) is 0 Å². The zero-order chi connectivity index (χ0) is 15.0. The van der Waals surface area contributed by atoms with Gasteiger partial charge in [0.1, 0.15) is 5.44 Å². The van der Waals surface area contributed by atoms with Crippen molar-refractivity contribution in [3.05, 3.63) is 46.9 Å². The van der Waals surface area contributed by atoms with E-state index in [9.17, 15) is 9.36 Å². The van der Waals surface area contributed by atoms with Gasteiger partial charge >= 0.3 is 7.60 Å². The zero-order valence-electron chi connectivity index (χ0n) is 11.3. The number of carbonyl (C=O) groups excluding carboxylic acids is 1. The molecule has 5 nitrogen and oxygen atoms in total. The second-order valence-corrected chi connectivity index (χ2v) is 5.86. The van der Waals surface area contributed by atoms with Crippen LogP contribution in [0.3, 0.4) is 0 Å². The molecule has 0 saturated carbocycles. The molecule has 0 aliphatic heterocycles. The predicted octanol–water partition coefficient (Wildman–Crippen LogP) is 3.72. The summed E-state index contributed by atoms with van der Waals surface area (Å²) >= 11 is 5.65. The van der Waals surface area contributed by atoms with Crippen LogP contribution < -0.4 is 5.32 Å². The number of hydrogen-bond acceptors (Lipinski definition) is 4. The fourth-order valence-electron chi connectivity index (χ4n) is 1.45. The maximum atomic E-state index is 12.5. The minimum atomic E-state index is -3.61. The molecule has 0 heterocycles. The number of halogens is 1. The Balaban J connectivity index is 2.91. The Morgan fingerprint density at radius 1 is 1.25 bits per heavy atom. The van der Waals surface area contributed by atoms with Crippen molar-refractivity contribution in [2.45, 2.75) is 13.8 Å². The van der Waals surface area contributed by atoms with E-state index in [2.05, 4.69) is 5.32 Å². The summed E-state index contributed by atoms with van der Waals surface area (Å²) in [6, 6.07) is 8.51. The fraction of sp³-hybridized carbons (Fsp3) is 0.308. The van der Waals surface area contributed by atoms with Gasteiger partial charge in [-0.15, -0.1) is 0 Å². The van der Waals surface area contributed by atoms with E-state index >= 15 is 0 Å². The smallest absolute Gasteiger partial charge is 0.314 e. The summed E-state index contributed by atoms with van der Waals surface area (Å²) in [7, 11) is -3.61. The Morgan fingerprint density at radius 2 is 1.80 bits per heavy atom. The summed E-state index contributed by atoms with van der Waals surface area (Å²) in [6.07, 6.45) is 0. The van der Waals surface area contributed by atoms with Crippen molar-refractivity contribution in [3.8, 4) is 0 Å². The summed E-state index contributed by atoms with van der Waals surface area (Å²) in [4.78, 5) is 12.0. The van der Waals surface area contributed by atoms with Gasteiger partial charge in [-0.05, 0) is 26.0 Å². The van der Waals surface area contributed by atoms with Gasteiger partial charge in [0.15, 0.2) is 0 Å². The summed E-state index contributed by atoms with van der Waals surface area (Å²) in [5, 5.41) is 2.47. The van der Waals surface area contributed by atoms with E-state index in [1.807, 2.05) is 0 Å². The highest BCUT2D eigenvalue weighted by Crippen LogP contribution is 2.54. The van der Waals surface area contributed by atoms with Crippen LogP contribution in [0.1, 0.15) is 24.2 Å². The Morgan fingerprint density at radius 3 is 2.25 bits per heavy atom. The first-order valence-electron chi connectivity index (χ1n) is 6.13. The lowest BCUT2D eigenvalue weighted by atomic mass is 10.2. The van der Waals surface area contributed by atoms with Crippen LogP contribution in [-0.2, 0) is 13.6 Å². The van der Waals surface area contributed by atoms with Gasteiger partial charge < -0.3 is 14.4 Å². The molecule has 20 heavy (non-hydrogen) atoms. The van der Waals surface area contributed by atoms with Gasteiger partial charge in [-0.1, -0.05) is 29.8 Å². The molecule has 0 unspecified atom stereocenters. The molecular weight excluding hydrogens is 301 g/mol.